The Kier molecular flexibility index (Phi) is 17.3. The minimum absolute atomic E-state index is 0.227. The van der Waals surface area contributed by atoms with E-state index in [0.717, 1.165) is 64.2 Å². The lowest BCUT2D eigenvalue weighted by Crippen LogP contribution is -2.23. The summed E-state index contributed by atoms with van der Waals surface area (Å²) in [5, 5.41) is 8.61. The Balaban J connectivity index is 3.87. The Hall–Kier alpha value is -0.650. The number of rotatable bonds is 19. The molecule has 0 aromatic heterocycles. The topological polar surface area (TPSA) is 65.0 Å². The maximum absolute atomic E-state index is 10.5. The van der Waals surface area contributed by atoms with Crippen LogP contribution in [0.25, 0.3) is 0 Å². The summed E-state index contributed by atoms with van der Waals surface area (Å²) in [5.74, 6) is -0.688. The Morgan fingerprint density at radius 2 is 1.23 bits per heavy atom. The van der Waals surface area contributed by atoms with Crippen LogP contribution < -0.4 is 0 Å². The van der Waals surface area contributed by atoms with Gasteiger partial charge in [0.25, 0.3) is 0 Å². The minimum Gasteiger partial charge on any atom is -0.481 e. The summed E-state index contributed by atoms with van der Waals surface area (Å²) in [6, 6.07) is 0. The van der Waals surface area contributed by atoms with Gasteiger partial charge in [-0.2, -0.15) is 0 Å². The van der Waals surface area contributed by atoms with E-state index in [4.69, 9.17) is 19.3 Å². The molecule has 0 bridgehead atoms. The predicted molar refractivity (Wildman–Crippen MR) is 106 cm³/mol. The lowest BCUT2D eigenvalue weighted by Gasteiger charge is -2.23. The number of aliphatic carboxylic acids is 1. The molecule has 0 saturated heterocycles. The Morgan fingerprint density at radius 3 is 1.77 bits per heavy atom. The van der Waals surface area contributed by atoms with Crippen molar-refractivity contribution in [3.63, 3.8) is 0 Å². The van der Waals surface area contributed by atoms with E-state index in [9.17, 15) is 4.79 Å². The predicted octanol–water partition coefficient (Wildman–Crippen LogP) is 5.21. The Morgan fingerprint density at radius 1 is 0.731 bits per heavy atom. The number of ether oxygens (including phenoxy) is 3. The monoisotopic (exact) mass is 374 g/mol. The van der Waals surface area contributed by atoms with Crippen molar-refractivity contribution >= 4 is 5.97 Å². The third-order valence-electron chi connectivity index (χ3n) is 5.11. The molecule has 0 aromatic rings. The molecule has 0 spiro atoms. The van der Waals surface area contributed by atoms with Crippen molar-refractivity contribution in [2.75, 3.05) is 21.3 Å². The quantitative estimate of drug-likeness (QED) is 0.315. The van der Waals surface area contributed by atoms with Crippen LogP contribution in [0.3, 0.4) is 0 Å². The molecule has 0 radical (unpaired) electrons. The zero-order valence-electron chi connectivity index (χ0n) is 17.5. The van der Waals surface area contributed by atoms with Gasteiger partial charge in [-0.05, 0) is 38.5 Å². The van der Waals surface area contributed by atoms with Crippen molar-refractivity contribution in [3.8, 4) is 0 Å². The fourth-order valence-electron chi connectivity index (χ4n) is 3.39. The summed E-state index contributed by atoms with van der Waals surface area (Å²) >= 11 is 0. The van der Waals surface area contributed by atoms with Gasteiger partial charge in [-0.15, -0.1) is 0 Å². The normalized spacial score (nSPS) is 14.9. The van der Waals surface area contributed by atoms with E-state index in [1.54, 1.807) is 21.3 Å². The summed E-state index contributed by atoms with van der Waals surface area (Å²) in [6.07, 6.45) is 13.9. The van der Waals surface area contributed by atoms with Crippen LogP contribution >= 0.6 is 0 Å². The molecule has 0 heterocycles. The van der Waals surface area contributed by atoms with E-state index in [2.05, 4.69) is 6.92 Å². The van der Waals surface area contributed by atoms with E-state index in [1.807, 2.05) is 0 Å². The smallest absolute Gasteiger partial charge is 0.303 e. The Labute approximate surface area is 160 Å². The first-order valence-electron chi connectivity index (χ1n) is 10.4. The van der Waals surface area contributed by atoms with Gasteiger partial charge in [0.15, 0.2) is 0 Å². The van der Waals surface area contributed by atoms with Gasteiger partial charge in [0.05, 0.1) is 18.3 Å². The number of carbonyl (C=O) groups is 1. The van der Waals surface area contributed by atoms with Gasteiger partial charge in [-0.3, -0.25) is 4.79 Å². The summed E-state index contributed by atoms with van der Waals surface area (Å²) in [5.41, 5.74) is 0. The highest BCUT2D eigenvalue weighted by atomic mass is 16.5. The van der Waals surface area contributed by atoms with E-state index < -0.39 is 5.97 Å². The first kappa shape index (κ1) is 25.4. The van der Waals surface area contributed by atoms with Crippen molar-refractivity contribution in [1.29, 1.82) is 0 Å². The molecule has 0 rings (SSSR count). The molecule has 156 valence electrons. The van der Waals surface area contributed by atoms with Gasteiger partial charge in [-0.25, -0.2) is 0 Å². The number of unbranched alkanes of at least 4 members (excludes halogenated alkanes) is 5. The average molecular weight is 375 g/mol. The molecule has 0 amide bonds. The Bertz CT molecular complexity index is 322. The summed E-state index contributed by atoms with van der Waals surface area (Å²) < 4.78 is 16.9. The molecule has 0 aliphatic carbocycles. The van der Waals surface area contributed by atoms with Crippen LogP contribution in [0, 0.1) is 0 Å². The maximum Gasteiger partial charge on any atom is 0.303 e. The number of carboxylic acids is 1. The van der Waals surface area contributed by atoms with E-state index in [1.165, 1.54) is 12.8 Å². The first-order chi connectivity index (χ1) is 12.6. The molecular weight excluding hydrogens is 332 g/mol. The van der Waals surface area contributed by atoms with E-state index >= 15 is 0 Å². The van der Waals surface area contributed by atoms with Gasteiger partial charge in [0.1, 0.15) is 0 Å². The second-order valence-corrected chi connectivity index (χ2v) is 7.23. The molecule has 0 aliphatic rings. The molecule has 1 N–H and O–H groups in total. The molecule has 3 unspecified atom stereocenters. The maximum atomic E-state index is 10.5. The molecule has 3 atom stereocenters. The largest absolute Gasteiger partial charge is 0.481 e. The van der Waals surface area contributed by atoms with E-state index in [-0.39, 0.29) is 12.2 Å². The lowest BCUT2D eigenvalue weighted by molar-refractivity contribution is -0.137. The van der Waals surface area contributed by atoms with Crippen molar-refractivity contribution < 1.29 is 24.1 Å². The zero-order valence-corrected chi connectivity index (χ0v) is 17.5. The SMILES string of the molecule is CCCC(CCC(CC(CCCCCCCCC(=O)O)OC)OC)OC. The third kappa shape index (κ3) is 14.5. The lowest BCUT2D eigenvalue weighted by atomic mass is 9.99. The van der Waals surface area contributed by atoms with Gasteiger partial charge in [0, 0.05) is 27.8 Å². The van der Waals surface area contributed by atoms with E-state index in [0.29, 0.717) is 12.5 Å². The number of hydrogen-bond donors (Lipinski definition) is 1. The van der Waals surface area contributed by atoms with Crippen molar-refractivity contribution in [2.24, 2.45) is 0 Å². The highest BCUT2D eigenvalue weighted by Gasteiger charge is 2.17. The van der Waals surface area contributed by atoms with Crippen molar-refractivity contribution in [3.05, 3.63) is 0 Å². The second kappa shape index (κ2) is 17.7. The van der Waals surface area contributed by atoms with Gasteiger partial charge in [-0.1, -0.05) is 45.4 Å². The fraction of sp³-hybridized carbons (Fsp3) is 0.952. The molecule has 5 nitrogen and oxygen atoms in total. The fourth-order valence-corrected chi connectivity index (χ4v) is 3.39. The van der Waals surface area contributed by atoms with Crippen LogP contribution in [-0.4, -0.2) is 50.7 Å². The number of carboxylic acid groups (broad SMARTS) is 1. The first-order valence-corrected chi connectivity index (χ1v) is 10.4. The van der Waals surface area contributed by atoms with Crippen LogP contribution in [0.4, 0.5) is 0 Å². The molecule has 0 aromatic carbocycles. The zero-order chi connectivity index (χ0) is 19.6. The van der Waals surface area contributed by atoms with Gasteiger partial charge in [0.2, 0.25) is 0 Å². The number of methoxy groups -OCH3 is 3. The molecule has 0 fully saturated rings. The van der Waals surface area contributed by atoms with Gasteiger partial charge < -0.3 is 19.3 Å². The van der Waals surface area contributed by atoms with Gasteiger partial charge >= 0.3 is 5.97 Å². The molecular formula is C21H42O5. The summed E-state index contributed by atoms with van der Waals surface area (Å²) in [4.78, 5) is 10.5. The number of hydrogen-bond acceptors (Lipinski definition) is 4. The van der Waals surface area contributed by atoms with Crippen molar-refractivity contribution in [2.45, 2.75) is 109 Å². The molecule has 0 saturated carbocycles. The van der Waals surface area contributed by atoms with Crippen LogP contribution in [0.2, 0.25) is 0 Å². The van der Waals surface area contributed by atoms with Crippen LogP contribution in [0.5, 0.6) is 0 Å². The second-order valence-electron chi connectivity index (χ2n) is 7.23. The summed E-state index contributed by atoms with van der Waals surface area (Å²) in [7, 11) is 5.37. The molecule has 0 aliphatic heterocycles. The minimum atomic E-state index is -0.688. The highest BCUT2D eigenvalue weighted by Crippen LogP contribution is 2.19. The molecule has 26 heavy (non-hydrogen) atoms. The summed E-state index contributed by atoms with van der Waals surface area (Å²) in [6.45, 7) is 2.19. The van der Waals surface area contributed by atoms with Crippen molar-refractivity contribution in [1.82, 2.24) is 0 Å². The standard InChI is InChI=1S/C21H42O5/c1-5-12-18(24-2)15-16-20(26-4)17-19(25-3)13-10-8-6-7-9-11-14-21(22)23/h18-20H,5-17H2,1-4H3,(H,22,23). The van der Waals surface area contributed by atoms with Crippen LogP contribution in [0.15, 0.2) is 0 Å². The highest BCUT2D eigenvalue weighted by molar-refractivity contribution is 5.66. The van der Waals surface area contributed by atoms with Crippen LogP contribution in [-0.2, 0) is 19.0 Å². The third-order valence-corrected chi connectivity index (χ3v) is 5.11. The van der Waals surface area contributed by atoms with Crippen LogP contribution in [0.1, 0.15) is 90.4 Å². The average Bonchev–Trinajstić information content (AvgIpc) is 2.64. The molecule has 5 heteroatoms.